The molecule has 1 fully saturated rings. The summed E-state index contributed by atoms with van der Waals surface area (Å²) in [5.74, 6) is 0.0155. The predicted molar refractivity (Wildman–Crippen MR) is 73.4 cm³/mol. The molecule has 0 unspecified atom stereocenters. The summed E-state index contributed by atoms with van der Waals surface area (Å²) in [7, 11) is 1.81. The molecule has 1 aliphatic carbocycles. The number of hydrogen-bond donors (Lipinski definition) is 1. The maximum Gasteiger partial charge on any atom is 0.310 e. The lowest BCUT2D eigenvalue weighted by Crippen LogP contribution is -2.35. The molecule has 0 bridgehead atoms. The van der Waals surface area contributed by atoms with Gasteiger partial charge in [-0.25, -0.2) is 0 Å². The van der Waals surface area contributed by atoms with Crippen LogP contribution in [-0.2, 0) is 18.3 Å². The van der Waals surface area contributed by atoms with E-state index in [1.807, 2.05) is 7.05 Å². The third-order valence-electron chi connectivity index (χ3n) is 4.16. The van der Waals surface area contributed by atoms with Crippen LogP contribution >= 0.6 is 0 Å². The highest BCUT2D eigenvalue weighted by atomic mass is 16.5. The van der Waals surface area contributed by atoms with E-state index in [-0.39, 0.29) is 0 Å². The molecule has 1 saturated carbocycles. The van der Waals surface area contributed by atoms with Gasteiger partial charge in [0, 0.05) is 19.7 Å². The van der Waals surface area contributed by atoms with Gasteiger partial charge in [0.25, 0.3) is 0 Å². The Morgan fingerprint density at radius 1 is 1.43 bits per heavy atom. The summed E-state index contributed by atoms with van der Waals surface area (Å²) in [4.78, 5) is 16.0. The molecule has 0 spiro atoms. The zero-order valence-corrected chi connectivity index (χ0v) is 11.9. The average Bonchev–Trinajstić information content (AvgIpc) is 3.08. The Labute approximate surface area is 122 Å². The second-order valence-corrected chi connectivity index (χ2v) is 5.71. The SMILES string of the molecule is Cn1ccc(-c2noc(CC3(C(=O)O)CCCCC3)n2)n1. The molecular formula is C14H18N4O3. The molecule has 21 heavy (non-hydrogen) atoms. The first kappa shape index (κ1) is 13.8. The molecule has 0 aliphatic heterocycles. The zero-order valence-electron chi connectivity index (χ0n) is 11.9. The van der Waals surface area contributed by atoms with Crippen LogP contribution in [0, 0.1) is 5.41 Å². The molecule has 0 saturated heterocycles. The second kappa shape index (κ2) is 5.31. The van der Waals surface area contributed by atoms with E-state index in [2.05, 4.69) is 15.2 Å². The first-order valence-electron chi connectivity index (χ1n) is 7.15. The van der Waals surface area contributed by atoms with Gasteiger partial charge >= 0.3 is 5.97 Å². The van der Waals surface area contributed by atoms with Crippen molar-refractivity contribution in [1.29, 1.82) is 0 Å². The van der Waals surface area contributed by atoms with E-state index in [0.29, 0.717) is 36.7 Å². The smallest absolute Gasteiger partial charge is 0.310 e. The van der Waals surface area contributed by atoms with Crippen LogP contribution in [0.1, 0.15) is 38.0 Å². The van der Waals surface area contributed by atoms with Crippen LogP contribution in [0.4, 0.5) is 0 Å². The minimum Gasteiger partial charge on any atom is -0.481 e. The van der Waals surface area contributed by atoms with Gasteiger partial charge in [-0.2, -0.15) is 10.1 Å². The van der Waals surface area contributed by atoms with Crippen LogP contribution in [0.5, 0.6) is 0 Å². The first-order chi connectivity index (χ1) is 10.1. The zero-order chi connectivity index (χ0) is 14.9. The molecule has 0 aromatic carbocycles. The van der Waals surface area contributed by atoms with Crippen molar-refractivity contribution < 1.29 is 14.4 Å². The largest absolute Gasteiger partial charge is 0.481 e. The number of aryl methyl sites for hydroxylation is 1. The molecule has 0 atom stereocenters. The number of carbonyl (C=O) groups is 1. The van der Waals surface area contributed by atoms with Crippen molar-refractivity contribution in [3.8, 4) is 11.5 Å². The third kappa shape index (κ3) is 2.68. The van der Waals surface area contributed by atoms with Crippen molar-refractivity contribution in [1.82, 2.24) is 19.9 Å². The third-order valence-corrected chi connectivity index (χ3v) is 4.16. The Kier molecular flexibility index (Phi) is 3.48. The number of aromatic nitrogens is 4. The monoisotopic (exact) mass is 290 g/mol. The first-order valence-corrected chi connectivity index (χ1v) is 7.15. The molecule has 2 heterocycles. The van der Waals surface area contributed by atoms with Crippen LogP contribution < -0.4 is 0 Å². The number of carboxylic acids is 1. The summed E-state index contributed by atoms with van der Waals surface area (Å²) >= 11 is 0. The molecule has 1 aliphatic rings. The second-order valence-electron chi connectivity index (χ2n) is 5.71. The fraction of sp³-hybridized carbons (Fsp3) is 0.571. The molecular weight excluding hydrogens is 272 g/mol. The number of carboxylic acid groups (broad SMARTS) is 1. The average molecular weight is 290 g/mol. The fourth-order valence-electron chi connectivity index (χ4n) is 2.95. The van der Waals surface area contributed by atoms with Crippen molar-refractivity contribution in [3.05, 3.63) is 18.2 Å². The predicted octanol–water partition coefficient (Wildman–Crippen LogP) is 2.05. The number of hydrogen-bond acceptors (Lipinski definition) is 5. The van der Waals surface area contributed by atoms with Gasteiger partial charge in [0.2, 0.25) is 11.7 Å². The highest BCUT2D eigenvalue weighted by Gasteiger charge is 2.41. The van der Waals surface area contributed by atoms with E-state index in [1.54, 1.807) is 16.9 Å². The van der Waals surface area contributed by atoms with Gasteiger partial charge < -0.3 is 9.63 Å². The summed E-state index contributed by atoms with van der Waals surface area (Å²) in [5, 5.41) is 17.7. The minimum absolute atomic E-state index is 0.294. The van der Waals surface area contributed by atoms with Crippen LogP contribution in [-0.4, -0.2) is 31.0 Å². The number of aliphatic carboxylic acids is 1. The van der Waals surface area contributed by atoms with Crippen molar-refractivity contribution in [2.75, 3.05) is 0 Å². The Balaban J connectivity index is 1.81. The van der Waals surface area contributed by atoms with Gasteiger partial charge in [-0.1, -0.05) is 24.4 Å². The van der Waals surface area contributed by atoms with Crippen LogP contribution in [0.15, 0.2) is 16.8 Å². The highest BCUT2D eigenvalue weighted by molar-refractivity contribution is 5.75. The molecule has 2 aromatic rings. The Morgan fingerprint density at radius 3 is 2.81 bits per heavy atom. The molecule has 3 rings (SSSR count). The lowest BCUT2D eigenvalue weighted by Gasteiger charge is -2.31. The quantitative estimate of drug-likeness (QED) is 0.926. The molecule has 2 aromatic heterocycles. The standard InChI is InChI=1S/C14H18N4O3/c1-18-8-5-10(16-18)12-15-11(21-17-12)9-14(13(19)20)6-3-2-4-7-14/h5,8H,2-4,6-7,9H2,1H3,(H,19,20). The molecule has 0 amide bonds. The summed E-state index contributed by atoms with van der Waals surface area (Å²) in [6, 6.07) is 1.79. The van der Waals surface area contributed by atoms with E-state index >= 15 is 0 Å². The van der Waals surface area contributed by atoms with Crippen LogP contribution in [0.25, 0.3) is 11.5 Å². The van der Waals surface area contributed by atoms with E-state index in [9.17, 15) is 9.90 Å². The Hall–Kier alpha value is -2.18. The van der Waals surface area contributed by atoms with E-state index in [1.165, 1.54) is 0 Å². The van der Waals surface area contributed by atoms with E-state index in [4.69, 9.17) is 4.52 Å². The molecule has 7 nitrogen and oxygen atoms in total. The Morgan fingerprint density at radius 2 is 2.19 bits per heavy atom. The van der Waals surface area contributed by atoms with E-state index < -0.39 is 11.4 Å². The maximum atomic E-state index is 11.7. The van der Waals surface area contributed by atoms with Crippen molar-refractivity contribution in [2.45, 2.75) is 38.5 Å². The van der Waals surface area contributed by atoms with Crippen molar-refractivity contribution in [2.24, 2.45) is 12.5 Å². The van der Waals surface area contributed by atoms with Crippen molar-refractivity contribution in [3.63, 3.8) is 0 Å². The summed E-state index contributed by atoms with van der Waals surface area (Å²) in [5.41, 5.74) is -0.132. The molecule has 1 N–H and O–H groups in total. The fourth-order valence-corrected chi connectivity index (χ4v) is 2.95. The van der Waals surface area contributed by atoms with Gasteiger partial charge in [-0.3, -0.25) is 9.48 Å². The molecule has 7 heteroatoms. The van der Waals surface area contributed by atoms with Crippen LogP contribution in [0.3, 0.4) is 0 Å². The topological polar surface area (TPSA) is 94.0 Å². The van der Waals surface area contributed by atoms with E-state index in [0.717, 1.165) is 19.3 Å². The molecule has 112 valence electrons. The van der Waals surface area contributed by atoms with Gasteiger partial charge in [0.1, 0.15) is 5.69 Å². The van der Waals surface area contributed by atoms with Gasteiger partial charge in [0.05, 0.1) is 5.41 Å². The van der Waals surface area contributed by atoms with Crippen LogP contribution in [0.2, 0.25) is 0 Å². The summed E-state index contributed by atoms with van der Waals surface area (Å²) in [6.45, 7) is 0. The number of nitrogens with zero attached hydrogens (tertiary/aromatic N) is 4. The lowest BCUT2D eigenvalue weighted by atomic mass is 9.72. The Bertz CT molecular complexity index is 640. The number of rotatable bonds is 4. The van der Waals surface area contributed by atoms with Gasteiger partial charge in [0.15, 0.2) is 0 Å². The lowest BCUT2D eigenvalue weighted by molar-refractivity contribution is -0.151. The van der Waals surface area contributed by atoms with Gasteiger partial charge in [-0.15, -0.1) is 0 Å². The summed E-state index contributed by atoms with van der Waals surface area (Å²) in [6.07, 6.45) is 6.40. The van der Waals surface area contributed by atoms with Gasteiger partial charge in [-0.05, 0) is 18.9 Å². The minimum atomic E-state index is -0.764. The normalized spacial score (nSPS) is 17.8. The van der Waals surface area contributed by atoms with Crippen molar-refractivity contribution >= 4 is 5.97 Å². The maximum absolute atomic E-state index is 11.7. The summed E-state index contributed by atoms with van der Waals surface area (Å²) < 4.78 is 6.89. The highest BCUT2D eigenvalue weighted by Crippen LogP contribution is 2.39. The molecule has 0 radical (unpaired) electrons.